The first-order chi connectivity index (χ1) is 10.3. The zero-order valence-corrected chi connectivity index (χ0v) is 14.1. The SMILES string of the molecule is COCCOCCOCCOCCNc1ccccc1Br. The van der Waals surface area contributed by atoms with Crippen molar-refractivity contribution in [3.8, 4) is 0 Å². The lowest BCUT2D eigenvalue weighted by atomic mass is 10.3. The van der Waals surface area contributed by atoms with Gasteiger partial charge in [0.1, 0.15) is 0 Å². The summed E-state index contributed by atoms with van der Waals surface area (Å²) in [7, 11) is 1.66. The summed E-state index contributed by atoms with van der Waals surface area (Å²) in [4.78, 5) is 0. The number of nitrogens with one attached hydrogen (secondary N) is 1. The van der Waals surface area contributed by atoms with E-state index >= 15 is 0 Å². The zero-order chi connectivity index (χ0) is 15.2. The largest absolute Gasteiger partial charge is 0.382 e. The molecule has 0 aliphatic rings. The van der Waals surface area contributed by atoms with Crippen LogP contribution in [0.1, 0.15) is 0 Å². The lowest BCUT2D eigenvalue weighted by Crippen LogP contribution is -2.14. The second-order valence-electron chi connectivity index (χ2n) is 4.24. The molecule has 0 spiro atoms. The smallest absolute Gasteiger partial charge is 0.0701 e. The van der Waals surface area contributed by atoms with Crippen molar-refractivity contribution in [2.24, 2.45) is 0 Å². The molecular formula is C15H24BrNO4. The van der Waals surface area contributed by atoms with Gasteiger partial charge in [-0.3, -0.25) is 0 Å². The molecule has 0 unspecified atom stereocenters. The fraction of sp³-hybridized carbons (Fsp3) is 0.600. The Bertz CT molecular complexity index is 365. The second kappa shape index (κ2) is 13.0. The van der Waals surface area contributed by atoms with Crippen molar-refractivity contribution in [3.63, 3.8) is 0 Å². The van der Waals surface area contributed by atoms with E-state index in [9.17, 15) is 0 Å². The molecule has 0 amide bonds. The number of hydrogen-bond acceptors (Lipinski definition) is 5. The first-order valence-electron chi connectivity index (χ1n) is 7.05. The van der Waals surface area contributed by atoms with Crippen LogP contribution in [0.4, 0.5) is 5.69 Å². The third-order valence-electron chi connectivity index (χ3n) is 2.61. The van der Waals surface area contributed by atoms with Gasteiger partial charge >= 0.3 is 0 Å². The Morgan fingerprint density at radius 2 is 1.43 bits per heavy atom. The van der Waals surface area contributed by atoms with E-state index < -0.39 is 0 Å². The summed E-state index contributed by atoms with van der Waals surface area (Å²) >= 11 is 3.49. The number of rotatable bonds is 13. The van der Waals surface area contributed by atoms with E-state index in [4.69, 9.17) is 18.9 Å². The van der Waals surface area contributed by atoms with Gasteiger partial charge in [0.15, 0.2) is 0 Å². The lowest BCUT2D eigenvalue weighted by Gasteiger charge is -2.09. The average Bonchev–Trinajstić information content (AvgIpc) is 2.50. The molecule has 1 N–H and O–H groups in total. The molecule has 5 nitrogen and oxygen atoms in total. The molecule has 1 aromatic rings. The van der Waals surface area contributed by atoms with E-state index in [0.29, 0.717) is 46.2 Å². The molecule has 0 aliphatic carbocycles. The van der Waals surface area contributed by atoms with Crippen LogP contribution < -0.4 is 5.32 Å². The molecule has 0 aliphatic heterocycles. The third-order valence-corrected chi connectivity index (χ3v) is 3.30. The summed E-state index contributed by atoms with van der Waals surface area (Å²) in [5.41, 5.74) is 1.07. The number of para-hydroxylation sites is 1. The molecule has 0 bridgehead atoms. The van der Waals surface area contributed by atoms with Crippen LogP contribution in [-0.2, 0) is 18.9 Å². The van der Waals surface area contributed by atoms with Crippen molar-refractivity contribution in [1.82, 2.24) is 0 Å². The molecule has 0 fully saturated rings. The van der Waals surface area contributed by atoms with Crippen molar-refractivity contribution in [2.75, 3.05) is 65.2 Å². The van der Waals surface area contributed by atoms with Gasteiger partial charge in [-0.05, 0) is 28.1 Å². The van der Waals surface area contributed by atoms with E-state index in [1.165, 1.54) is 0 Å². The highest BCUT2D eigenvalue weighted by Crippen LogP contribution is 2.20. The molecular weight excluding hydrogens is 338 g/mol. The first-order valence-corrected chi connectivity index (χ1v) is 7.84. The van der Waals surface area contributed by atoms with E-state index in [1.807, 2.05) is 24.3 Å². The highest BCUT2D eigenvalue weighted by atomic mass is 79.9. The van der Waals surface area contributed by atoms with E-state index in [0.717, 1.165) is 16.7 Å². The van der Waals surface area contributed by atoms with Crippen molar-refractivity contribution in [1.29, 1.82) is 0 Å². The summed E-state index contributed by atoms with van der Waals surface area (Å²) in [6, 6.07) is 8.01. The van der Waals surface area contributed by atoms with Gasteiger partial charge < -0.3 is 24.3 Å². The van der Waals surface area contributed by atoms with Crippen LogP contribution in [0.3, 0.4) is 0 Å². The summed E-state index contributed by atoms with van der Waals surface area (Å²) < 4.78 is 22.1. The van der Waals surface area contributed by atoms with Crippen LogP contribution in [-0.4, -0.2) is 59.9 Å². The second-order valence-corrected chi connectivity index (χ2v) is 5.09. The normalized spacial score (nSPS) is 10.8. The number of hydrogen-bond donors (Lipinski definition) is 1. The molecule has 1 aromatic carbocycles. The maximum atomic E-state index is 5.48. The Hall–Kier alpha value is -0.660. The fourth-order valence-electron chi connectivity index (χ4n) is 1.55. The van der Waals surface area contributed by atoms with Gasteiger partial charge in [0.05, 0.1) is 46.2 Å². The summed E-state index contributed by atoms with van der Waals surface area (Å²) in [6.07, 6.45) is 0. The van der Waals surface area contributed by atoms with E-state index in [1.54, 1.807) is 7.11 Å². The molecule has 0 aromatic heterocycles. The monoisotopic (exact) mass is 361 g/mol. The number of methoxy groups -OCH3 is 1. The summed E-state index contributed by atoms with van der Waals surface area (Å²) in [5, 5.41) is 3.30. The molecule has 0 heterocycles. The number of anilines is 1. The van der Waals surface area contributed by atoms with Crippen molar-refractivity contribution in [2.45, 2.75) is 0 Å². The van der Waals surface area contributed by atoms with Crippen molar-refractivity contribution < 1.29 is 18.9 Å². The van der Waals surface area contributed by atoms with Crippen LogP contribution in [0.15, 0.2) is 28.7 Å². The van der Waals surface area contributed by atoms with E-state index in [-0.39, 0.29) is 0 Å². The van der Waals surface area contributed by atoms with Gasteiger partial charge in [-0.25, -0.2) is 0 Å². The summed E-state index contributed by atoms with van der Waals surface area (Å²) in [6.45, 7) is 5.00. The van der Waals surface area contributed by atoms with E-state index in [2.05, 4.69) is 21.2 Å². The average molecular weight is 362 g/mol. The van der Waals surface area contributed by atoms with Crippen LogP contribution >= 0.6 is 15.9 Å². The number of halogens is 1. The van der Waals surface area contributed by atoms with Gasteiger partial charge in [0.25, 0.3) is 0 Å². The molecule has 6 heteroatoms. The lowest BCUT2D eigenvalue weighted by molar-refractivity contribution is 0.00495. The number of benzene rings is 1. The van der Waals surface area contributed by atoms with Crippen LogP contribution in [0.5, 0.6) is 0 Å². The van der Waals surface area contributed by atoms with Gasteiger partial charge in [-0.2, -0.15) is 0 Å². The molecule has 1 rings (SSSR count). The first kappa shape index (κ1) is 18.4. The Balaban J connectivity index is 1.84. The molecule has 0 saturated heterocycles. The Morgan fingerprint density at radius 3 is 2.05 bits per heavy atom. The van der Waals surface area contributed by atoms with Crippen LogP contribution in [0.25, 0.3) is 0 Å². The maximum absolute atomic E-state index is 5.48. The van der Waals surface area contributed by atoms with Crippen molar-refractivity contribution >= 4 is 21.6 Å². The molecule has 0 saturated carbocycles. The Morgan fingerprint density at radius 1 is 0.857 bits per heavy atom. The van der Waals surface area contributed by atoms with Gasteiger partial charge in [-0.15, -0.1) is 0 Å². The molecule has 0 radical (unpaired) electrons. The zero-order valence-electron chi connectivity index (χ0n) is 12.5. The standard InChI is InChI=1S/C15H24BrNO4/c1-18-8-9-20-12-13-21-11-10-19-7-6-17-15-5-3-2-4-14(15)16/h2-5,17H,6-13H2,1H3. The maximum Gasteiger partial charge on any atom is 0.0701 e. The van der Waals surface area contributed by atoms with Crippen LogP contribution in [0, 0.1) is 0 Å². The molecule has 21 heavy (non-hydrogen) atoms. The van der Waals surface area contributed by atoms with Crippen LogP contribution in [0.2, 0.25) is 0 Å². The number of ether oxygens (including phenoxy) is 4. The van der Waals surface area contributed by atoms with Gasteiger partial charge in [0.2, 0.25) is 0 Å². The highest BCUT2D eigenvalue weighted by molar-refractivity contribution is 9.10. The molecule has 120 valence electrons. The summed E-state index contributed by atoms with van der Waals surface area (Å²) in [5.74, 6) is 0. The quantitative estimate of drug-likeness (QED) is 0.547. The minimum atomic E-state index is 0.586. The van der Waals surface area contributed by atoms with Crippen molar-refractivity contribution in [3.05, 3.63) is 28.7 Å². The van der Waals surface area contributed by atoms with Gasteiger partial charge in [-0.1, -0.05) is 12.1 Å². The predicted molar refractivity (Wildman–Crippen MR) is 87.0 cm³/mol. The predicted octanol–water partition coefficient (Wildman–Crippen LogP) is 2.56. The third kappa shape index (κ3) is 9.82. The highest BCUT2D eigenvalue weighted by Gasteiger charge is 1.96. The molecule has 0 atom stereocenters. The fourth-order valence-corrected chi connectivity index (χ4v) is 1.97. The van der Waals surface area contributed by atoms with Gasteiger partial charge in [0, 0.05) is 23.8 Å². The minimum Gasteiger partial charge on any atom is -0.382 e. The minimum absolute atomic E-state index is 0.586. The Kier molecular flexibility index (Phi) is 11.4. The topological polar surface area (TPSA) is 49.0 Å². The Labute approximate surface area is 135 Å².